The number of aliphatic carboxylic acids is 1. The van der Waals surface area contributed by atoms with E-state index in [-0.39, 0.29) is 17.1 Å². The minimum absolute atomic E-state index is 0.0450. The molecule has 0 aliphatic carbocycles. The lowest BCUT2D eigenvalue weighted by Crippen LogP contribution is -2.09. The van der Waals surface area contributed by atoms with Crippen LogP contribution in [0.25, 0.3) is 0 Å². The fourth-order valence-corrected chi connectivity index (χ4v) is 1.24. The predicted molar refractivity (Wildman–Crippen MR) is 51.5 cm³/mol. The highest BCUT2D eigenvalue weighted by molar-refractivity contribution is 5.74. The predicted octanol–water partition coefficient (Wildman–Crippen LogP) is 1.24. The topological polar surface area (TPSA) is 85.4 Å². The van der Waals surface area contributed by atoms with Crippen LogP contribution in [0, 0.1) is 0 Å². The van der Waals surface area contributed by atoms with Crippen molar-refractivity contribution in [3.05, 3.63) is 17.3 Å². The third-order valence-corrected chi connectivity index (χ3v) is 1.96. The zero-order chi connectivity index (χ0) is 12.3. The van der Waals surface area contributed by atoms with Crippen molar-refractivity contribution < 1.29 is 23.4 Å². The van der Waals surface area contributed by atoms with Crippen LogP contribution in [0.2, 0.25) is 0 Å². The average molecular weight is 232 g/mol. The van der Waals surface area contributed by atoms with Gasteiger partial charge in [-0.2, -0.15) is 0 Å². The van der Waals surface area contributed by atoms with Gasteiger partial charge >= 0.3 is 5.97 Å². The van der Waals surface area contributed by atoms with Crippen LogP contribution in [0.15, 0.2) is 6.20 Å². The molecule has 7 heteroatoms. The smallest absolute Gasteiger partial charge is 0.307 e. The van der Waals surface area contributed by atoms with Crippen molar-refractivity contribution in [2.45, 2.75) is 12.8 Å². The molecule has 0 aromatic carbocycles. The van der Waals surface area contributed by atoms with Gasteiger partial charge in [-0.1, -0.05) is 0 Å². The number of rotatable bonds is 4. The second-order valence-corrected chi connectivity index (χ2v) is 2.99. The SMILES string of the molecule is COc1ncc(CC(=O)O)c(N)c1C(F)F. The Hall–Kier alpha value is -1.92. The number of nitrogen functional groups attached to an aromatic ring is 1. The number of alkyl halides is 2. The highest BCUT2D eigenvalue weighted by atomic mass is 19.3. The number of anilines is 1. The molecule has 16 heavy (non-hydrogen) atoms. The van der Waals surface area contributed by atoms with E-state index in [2.05, 4.69) is 9.72 Å². The molecule has 0 unspecified atom stereocenters. The number of aromatic nitrogens is 1. The first-order valence-electron chi connectivity index (χ1n) is 4.28. The van der Waals surface area contributed by atoms with E-state index < -0.39 is 24.4 Å². The first kappa shape index (κ1) is 12.2. The van der Waals surface area contributed by atoms with E-state index in [4.69, 9.17) is 10.8 Å². The molecule has 0 bridgehead atoms. The molecule has 1 heterocycles. The summed E-state index contributed by atoms with van der Waals surface area (Å²) >= 11 is 0. The minimum atomic E-state index is -2.86. The molecular formula is C9H10F2N2O3. The maximum Gasteiger partial charge on any atom is 0.307 e. The highest BCUT2D eigenvalue weighted by Crippen LogP contribution is 2.34. The molecular weight excluding hydrogens is 222 g/mol. The number of ether oxygens (including phenoxy) is 1. The number of carboxylic acid groups (broad SMARTS) is 1. The number of hydrogen-bond donors (Lipinski definition) is 2. The molecule has 1 rings (SSSR count). The van der Waals surface area contributed by atoms with Gasteiger partial charge in [0.1, 0.15) is 5.56 Å². The average Bonchev–Trinajstić information content (AvgIpc) is 2.19. The molecule has 88 valence electrons. The van der Waals surface area contributed by atoms with Crippen molar-refractivity contribution in [1.82, 2.24) is 4.98 Å². The summed E-state index contributed by atoms with van der Waals surface area (Å²) in [6, 6.07) is 0. The Morgan fingerprint density at radius 2 is 2.31 bits per heavy atom. The fraction of sp³-hybridized carbons (Fsp3) is 0.333. The lowest BCUT2D eigenvalue weighted by atomic mass is 10.1. The normalized spacial score (nSPS) is 10.5. The van der Waals surface area contributed by atoms with Crippen LogP contribution in [-0.2, 0) is 11.2 Å². The van der Waals surface area contributed by atoms with Crippen LogP contribution in [0.5, 0.6) is 5.88 Å². The quantitative estimate of drug-likeness (QED) is 0.815. The number of carbonyl (C=O) groups is 1. The molecule has 0 spiro atoms. The number of halogens is 2. The van der Waals surface area contributed by atoms with Gasteiger partial charge in [0.15, 0.2) is 0 Å². The summed E-state index contributed by atoms with van der Waals surface area (Å²) in [7, 11) is 1.19. The second kappa shape index (κ2) is 4.73. The third-order valence-electron chi connectivity index (χ3n) is 1.96. The van der Waals surface area contributed by atoms with Gasteiger partial charge in [-0.25, -0.2) is 13.8 Å². The summed E-state index contributed by atoms with van der Waals surface area (Å²) in [6.45, 7) is 0. The molecule has 5 nitrogen and oxygen atoms in total. The Kier molecular flexibility index (Phi) is 3.60. The van der Waals surface area contributed by atoms with Crippen molar-refractivity contribution in [1.29, 1.82) is 0 Å². The van der Waals surface area contributed by atoms with E-state index in [1.165, 1.54) is 7.11 Å². The molecule has 0 fully saturated rings. The third kappa shape index (κ3) is 2.36. The zero-order valence-electron chi connectivity index (χ0n) is 8.41. The molecule has 1 aromatic rings. The van der Waals surface area contributed by atoms with Gasteiger partial charge < -0.3 is 15.6 Å². The van der Waals surface area contributed by atoms with Crippen molar-refractivity contribution in [3.63, 3.8) is 0 Å². The van der Waals surface area contributed by atoms with E-state index in [1.807, 2.05) is 0 Å². The largest absolute Gasteiger partial charge is 0.481 e. The van der Waals surface area contributed by atoms with E-state index >= 15 is 0 Å². The Balaban J connectivity index is 3.26. The van der Waals surface area contributed by atoms with Gasteiger partial charge in [-0.3, -0.25) is 4.79 Å². The molecule has 0 atom stereocenters. The number of nitrogens with zero attached hydrogens (tertiary/aromatic N) is 1. The van der Waals surface area contributed by atoms with Gasteiger partial charge in [0.05, 0.1) is 19.2 Å². The van der Waals surface area contributed by atoms with Crippen molar-refractivity contribution >= 4 is 11.7 Å². The van der Waals surface area contributed by atoms with Crippen LogP contribution >= 0.6 is 0 Å². The zero-order valence-corrected chi connectivity index (χ0v) is 8.41. The van der Waals surface area contributed by atoms with Crippen molar-refractivity contribution in [2.75, 3.05) is 12.8 Å². The van der Waals surface area contributed by atoms with Crippen molar-refractivity contribution in [2.24, 2.45) is 0 Å². The summed E-state index contributed by atoms with van der Waals surface area (Å²) < 4.78 is 29.9. The summed E-state index contributed by atoms with van der Waals surface area (Å²) in [5.74, 6) is -1.46. The lowest BCUT2D eigenvalue weighted by molar-refractivity contribution is -0.136. The maximum absolute atomic E-state index is 12.6. The maximum atomic E-state index is 12.6. The molecule has 3 N–H and O–H groups in total. The van der Waals surface area contributed by atoms with Crippen LogP contribution in [0.1, 0.15) is 17.6 Å². The monoisotopic (exact) mass is 232 g/mol. The van der Waals surface area contributed by atoms with Crippen LogP contribution in [-0.4, -0.2) is 23.2 Å². The van der Waals surface area contributed by atoms with Crippen LogP contribution < -0.4 is 10.5 Å². The number of hydrogen-bond acceptors (Lipinski definition) is 4. The lowest BCUT2D eigenvalue weighted by Gasteiger charge is -2.12. The van der Waals surface area contributed by atoms with Gasteiger partial charge in [0, 0.05) is 11.8 Å². The van der Waals surface area contributed by atoms with Crippen LogP contribution in [0.4, 0.5) is 14.5 Å². The minimum Gasteiger partial charge on any atom is -0.481 e. The Bertz CT molecular complexity index is 410. The summed E-state index contributed by atoms with van der Waals surface area (Å²) in [6.07, 6.45) is -2.20. The molecule has 1 aromatic heterocycles. The first-order chi connectivity index (χ1) is 7.47. The van der Waals surface area contributed by atoms with Gasteiger partial charge in [-0.15, -0.1) is 0 Å². The molecule has 0 aliphatic rings. The van der Waals surface area contributed by atoms with E-state index in [1.54, 1.807) is 0 Å². The summed E-state index contributed by atoms with van der Waals surface area (Å²) in [5, 5.41) is 8.55. The molecule has 0 aliphatic heterocycles. The highest BCUT2D eigenvalue weighted by Gasteiger charge is 2.22. The van der Waals surface area contributed by atoms with Gasteiger partial charge in [0.2, 0.25) is 5.88 Å². The van der Waals surface area contributed by atoms with Crippen LogP contribution in [0.3, 0.4) is 0 Å². The Morgan fingerprint density at radius 1 is 1.69 bits per heavy atom. The van der Waals surface area contributed by atoms with E-state index in [0.29, 0.717) is 0 Å². The van der Waals surface area contributed by atoms with Gasteiger partial charge in [-0.05, 0) is 0 Å². The summed E-state index contributed by atoms with van der Waals surface area (Å²) in [4.78, 5) is 14.0. The molecule has 0 saturated heterocycles. The molecule has 0 amide bonds. The van der Waals surface area contributed by atoms with Crippen molar-refractivity contribution in [3.8, 4) is 5.88 Å². The number of methoxy groups -OCH3 is 1. The summed E-state index contributed by atoms with van der Waals surface area (Å²) in [5.41, 5.74) is 4.63. The molecule has 0 radical (unpaired) electrons. The van der Waals surface area contributed by atoms with Gasteiger partial charge in [0.25, 0.3) is 6.43 Å². The van der Waals surface area contributed by atoms with E-state index in [9.17, 15) is 13.6 Å². The number of pyridine rings is 1. The number of nitrogens with two attached hydrogens (primary N) is 1. The number of carboxylic acids is 1. The fourth-order valence-electron chi connectivity index (χ4n) is 1.24. The second-order valence-electron chi connectivity index (χ2n) is 2.99. The first-order valence-corrected chi connectivity index (χ1v) is 4.28. The standard InChI is InChI=1S/C9H10F2N2O3/c1-16-9-6(8(10)11)7(12)4(3-13-9)2-5(14)15/h3,8H,2H2,1H3,(H2,12,13)(H,14,15). The van der Waals surface area contributed by atoms with E-state index in [0.717, 1.165) is 6.20 Å². The Morgan fingerprint density at radius 3 is 2.75 bits per heavy atom. The Labute approximate surface area is 89.9 Å². The molecule has 0 saturated carbocycles.